The van der Waals surface area contributed by atoms with Crippen molar-refractivity contribution < 1.29 is 4.79 Å². The number of fused-ring (bicyclic) bond motifs is 1. The molecule has 0 atom stereocenters. The first-order chi connectivity index (χ1) is 11.7. The number of thiazole rings is 1. The van der Waals surface area contributed by atoms with Gasteiger partial charge in [-0.3, -0.25) is 4.79 Å². The molecule has 0 radical (unpaired) electrons. The summed E-state index contributed by atoms with van der Waals surface area (Å²) in [5.74, 6) is 0.572. The van der Waals surface area contributed by atoms with Crippen LogP contribution in [0.1, 0.15) is 45.4 Å². The summed E-state index contributed by atoms with van der Waals surface area (Å²) in [6.45, 7) is 2.10. The van der Waals surface area contributed by atoms with Gasteiger partial charge in [-0.2, -0.15) is 0 Å². The predicted molar refractivity (Wildman–Crippen MR) is 96.7 cm³/mol. The Labute approximate surface area is 146 Å². The molecule has 2 heterocycles. The average Bonchev–Trinajstić information content (AvgIpc) is 3.28. The van der Waals surface area contributed by atoms with E-state index in [1.165, 1.54) is 11.1 Å². The van der Waals surface area contributed by atoms with Gasteiger partial charge >= 0.3 is 0 Å². The maximum atomic E-state index is 12.8. The van der Waals surface area contributed by atoms with E-state index in [2.05, 4.69) is 34.6 Å². The van der Waals surface area contributed by atoms with Crippen LogP contribution in [0, 0.1) is 0 Å². The minimum absolute atomic E-state index is 0.0595. The molecule has 5 heteroatoms. The van der Waals surface area contributed by atoms with E-state index in [0.29, 0.717) is 11.6 Å². The van der Waals surface area contributed by atoms with E-state index < -0.39 is 0 Å². The van der Waals surface area contributed by atoms with Gasteiger partial charge in [0.05, 0.1) is 5.01 Å². The summed E-state index contributed by atoms with van der Waals surface area (Å²) < 4.78 is 0. The molecule has 4 rings (SSSR count). The van der Waals surface area contributed by atoms with Gasteiger partial charge in [-0.05, 0) is 49.9 Å². The van der Waals surface area contributed by atoms with Gasteiger partial charge in [0.15, 0.2) is 0 Å². The summed E-state index contributed by atoms with van der Waals surface area (Å²) in [6, 6.07) is 8.75. The molecule has 0 saturated carbocycles. The van der Waals surface area contributed by atoms with Crippen molar-refractivity contribution >= 4 is 17.2 Å². The molecule has 1 aromatic heterocycles. The minimum Gasteiger partial charge on any atom is -0.337 e. The van der Waals surface area contributed by atoms with E-state index in [4.69, 9.17) is 0 Å². The van der Waals surface area contributed by atoms with Gasteiger partial charge < -0.3 is 10.2 Å². The van der Waals surface area contributed by atoms with Gasteiger partial charge in [-0.1, -0.05) is 24.3 Å². The van der Waals surface area contributed by atoms with Crippen molar-refractivity contribution in [2.24, 2.45) is 0 Å². The molecule has 0 unspecified atom stereocenters. The molecule has 24 heavy (non-hydrogen) atoms. The minimum atomic E-state index is 0.0595. The lowest BCUT2D eigenvalue weighted by Gasteiger charge is -2.23. The zero-order valence-electron chi connectivity index (χ0n) is 14.0. The maximum Gasteiger partial charge on any atom is 0.273 e. The van der Waals surface area contributed by atoms with Crippen molar-refractivity contribution in [3.05, 3.63) is 51.5 Å². The monoisotopic (exact) mass is 341 g/mol. The molecule has 1 amide bonds. The highest BCUT2D eigenvalue weighted by Gasteiger charge is 2.29. The number of nitrogens with one attached hydrogen (secondary N) is 1. The predicted octanol–water partition coefficient (Wildman–Crippen LogP) is 2.85. The Bertz CT molecular complexity index is 711. The van der Waals surface area contributed by atoms with Gasteiger partial charge in [0.1, 0.15) is 5.69 Å². The van der Waals surface area contributed by atoms with Crippen molar-refractivity contribution in [2.75, 3.05) is 20.1 Å². The standard InChI is InChI=1S/C19H23N3OS/c1-22(16-10-14-4-2-3-5-15(14)11-16)19(23)17-12-24-18(21-17)13-6-8-20-9-7-13/h2-5,12-13,16,20H,6-11H2,1H3. The van der Waals surface area contributed by atoms with Crippen LogP contribution < -0.4 is 5.32 Å². The fourth-order valence-electron chi connectivity index (χ4n) is 3.80. The number of hydrogen-bond acceptors (Lipinski definition) is 4. The maximum absolute atomic E-state index is 12.8. The summed E-state index contributed by atoms with van der Waals surface area (Å²) >= 11 is 1.65. The number of nitrogens with zero attached hydrogens (tertiary/aromatic N) is 2. The zero-order valence-corrected chi connectivity index (χ0v) is 14.8. The summed E-state index contributed by atoms with van der Waals surface area (Å²) in [5.41, 5.74) is 3.36. The smallest absolute Gasteiger partial charge is 0.273 e. The van der Waals surface area contributed by atoms with Crippen molar-refractivity contribution in [1.82, 2.24) is 15.2 Å². The normalized spacial score (nSPS) is 18.5. The largest absolute Gasteiger partial charge is 0.337 e. The lowest BCUT2D eigenvalue weighted by atomic mass is 9.99. The van der Waals surface area contributed by atoms with Crippen molar-refractivity contribution in [1.29, 1.82) is 0 Å². The Morgan fingerprint density at radius 2 is 1.88 bits per heavy atom. The van der Waals surface area contributed by atoms with E-state index in [-0.39, 0.29) is 11.9 Å². The molecule has 4 nitrogen and oxygen atoms in total. The Balaban J connectivity index is 1.45. The molecule has 1 aliphatic heterocycles. The van der Waals surface area contributed by atoms with E-state index in [9.17, 15) is 4.79 Å². The average molecular weight is 341 g/mol. The number of amides is 1. The fourth-order valence-corrected chi connectivity index (χ4v) is 4.76. The van der Waals surface area contributed by atoms with Crippen LogP contribution in [-0.2, 0) is 12.8 Å². The molecule has 1 aromatic carbocycles. The summed E-state index contributed by atoms with van der Waals surface area (Å²) in [5, 5.41) is 6.45. The Hall–Kier alpha value is -1.72. The molecule has 2 aromatic rings. The Morgan fingerprint density at radius 3 is 2.54 bits per heavy atom. The Kier molecular flexibility index (Phi) is 4.37. The summed E-state index contributed by atoms with van der Waals surface area (Å²) in [6.07, 6.45) is 4.14. The van der Waals surface area contributed by atoms with Crippen LogP contribution in [0.3, 0.4) is 0 Å². The van der Waals surface area contributed by atoms with Crippen LogP contribution in [0.4, 0.5) is 0 Å². The van der Waals surface area contributed by atoms with Gasteiger partial charge in [0, 0.05) is 24.4 Å². The van der Waals surface area contributed by atoms with E-state index in [1.807, 2.05) is 17.3 Å². The molecule has 0 spiro atoms. The van der Waals surface area contributed by atoms with Crippen LogP contribution in [0.15, 0.2) is 29.6 Å². The molecule has 1 N–H and O–H groups in total. The third kappa shape index (κ3) is 2.98. The zero-order chi connectivity index (χ0) is 16.5. The van der Waals surface area contributed by atoms with Crippen LogP contribution in [0.2, 0.25) is 0 Å². The van der Waals surface area contributed by atoms with Crippen LogP contribution >= 0.6 is 11.3 Å². The van der Waals surface area contributed by atoms with Gasteiger partial charge in [0.25, 0.3) is 5.91 Å². The quantitative estimate of drug-likeness (QED) is 0.934. The first-order valence-electron chi connectivity index (χ1n) is 8.72. The van der Waals surface area contributed by atoms with E-state index >= 15 is 0 Å². The van der Waals surface area contributed by atoms with Crippen molar-refractivity contribution in [3.8, 4) is 0 Å². The molecule has 2 aliphatic rings. The van der Waals surface area contributed by atoms with E-state index in [1.54, 1.807) is 11.3 Å². The number of carbonyl (C=O) groups excluding carboxylic acids is 1. The second-order valence-corrected chi connectivity index (χ2v) is 7.73. The highest BCUT2D eigenvalue weighted by atomic mass is 32.1. The highest BCUT2D eigenvalue weighted by Crippen LogP contribution is 2.29. The lowest BCUT2D eigenvalue weighted by molar-refractivity contribution is 0.0732. The number of aromatic nitrogens is 1. The first kappa shape index (κ1) is 15.8. The Morgan fingerprint density at radius 1 is 1.21 bits per heavy atom. The van der Waals surface area contributed by atoms with Gasteiger partial charge in [-0.15, -0.1) is 11.3 Å². The molecule has 1 fully saturated rings. The molecular weight excluding hydrogens is 318 g/mol. The van der Waals surface area contributed by atoms with Crippen LogP contribution in [0.5, 0.6) is 0 Å². The van der Waals surface area contributed by atoms with Crippen molar-refractivity contribution in [2.45, 2.75) is 37.6 Å². The van der Waals surface area contributed by atoms with Crippen LogP contribution in [0.25, 0.3) is 0 Å². The number of benzene rings is 1. The van der Waals surface area contributed by atoms with Gasteiger partial charge in [0.2, 0.25) is 0 Å². The second kappa shape index (κ2) is 6.65. The SMILES string of the molecule is CN(C(=O)c1csc(C2CCNCC2)n1)C1Cc2ccccc2C1. The number of hydrogen-bond donors (Lipinski definition) is 1. The lowest BCUT2D eigenvalue weighted by Crippen LogP contribution is -2.37. The van der Waals surface area contributed by atoms with Gasteiger partial charge in [-0.25, -0.2) is 4.98 Å². The van der Waals surface area contributed by atoms with Crippen molar-refractivity contribution in [3.63, 3.8) is 0 Å². The topological polar surface area (TPSA) is 45.2 Å². The molecule has 1 aliphatic carbocycles. The first-order valence-corrected chi connectivity index (χ1v) is 9.60. The third-order valence-electron chi connectivity index (χ3n) is 5.33. The van der Waals surface area contributed by atoms with E-state index in [0.717, 1.165) is 43.8 Å². The number of likely N-dealkylation sites (N-methyl/N-ethyl adjacent to an activating group) is 1. The van der Waals surface area contributed by atoms with Crippen LogP contribution in [-0.4, -0.2) is 42.0 Å². The highest BCUT2D eigenvalue weighted by molar-refractivity contribution is 7.09. The molecule has 0 bridgehead atoms. The fraction of sp³-hybridized carbons (Fsp3) is 0.474. The third-order valence-corrected chi connectivity index (χ3v) is 6.33. The second-order valence-electron chi connectivity index (χ2n) is 6.84. The summed E-state index contributed by atoms with van der Waals surface area (Å²) in [4.78, 5) is 19.4. The molecule has 126 valence electrons. The molecular formula is C19H23N3OS. The molecule has 1 saturated heterocycles. The number of carbonyl (C=O) groups is 1. The summed E-state index contributed by atoms with van der Waals surface area (Å²) in [7, 11) is 1.92. The number of piperidine rings is 1. The number of rotatable bonds is 3.